The first kappa shape index (κ1) is 16.9. The highest BCUT2D eigenvalue weighted by atomic mass is 19.1. The van der Waals surface area contributed by atoms with Gasteiger partial charge in [-0.1, -0.05) is 12.5 Å². The van der Waals surface area contributed by atoms with Crippen molar-refractivity contribution in [2.45, 2.75) is 32.1 Å². The lowest BCUT2D eigenvalue weighted by atomic mass is 10.2. The van der Waals surface area contributed by atoms with E-state index >= 15 is 0 Å². The second kappa shape index (κ2) is 9.74. The number of aliphatic carboxylic acids is 1. The maximum Gasteiger partial charge on any atom is 0.303 e. The van der Waals surface area contributed by atoms with Crippen LogP contribution in [-0.2, 0) is 9.59 Å². The van der Waals surface area contributed by atoms with E-state index in [9.17, 15) is 14.0 Å². The Morgan fingerprint density at radius 1 is 1.19 bits per heavy atom. The molecule has 0 heterocycles. The quantitative estimate of drug-likeness (QED) is 0.650. The topological polar surface area (TPSA) is 75.6 Å². The molecule has 0 aliphatic heterocycles. The van der Waals surface area contributed by atoms with Crippen molar-refractivity contribution in [3.05, 3.63) is 30.1 Å². The maximum atomic E-state index is 12.9. The minimum absolute atomic E-state index is 0.135. The van der Waals surface area contributed by atoms with Gasteiger partial charge in [0, 0.05) is 19.0 Å². The third-order valence-electron chi connectivity index (χ3n) is 2.78. The second-order valence-corrected chi connectivity index (χ2v) is 4.61. The lowest BCUT2D eigenvalue weighted by Gasteiger charge is -2.07. The van der Waals surface area contributed by atoms with Crippen LogP contribution in [0.3, 0.4) is 0 Å². The first-order chi connectivity index (χ1) is 10.1. The molecule has 0 unspecified atom stereocenters. The fraction of sp³-hybridized carbons (Fsp3) is 0.467. The molecule has 1 aromatic carbocycles. The van der Waals surface area contributed by atoms with Crippen LogP contribution < -0.4 is 10.1 Å². The van der Waals surface area contributed by atoms with Gasteiger partial charge in [-0.25, -0.2) is 4.39 Å². The fourth-order valence-electron chi connectivity index (χ4n) is 1.71. The molecule has 1 amide bonds. The van der Waals surface area contributed by atoms with Crippen LogP contribution in [0.4, 0.5) is 4.39 Å². The SMILES string of the molecule is O=C(O)CCCCCNC(=O)CCOc1cccc(F)c1. The first-order valence-electron chi connectivity index (χ1n) is 6.95. The highest BCUT2D eigenvalue weighted by Gasteiger charge is 2.02. The molecule has 5 nitrogen and oxygen atoms in total. The lowest BCUT2D eigenvalue weighted by Crippen LogP contribution is -2.25. The molecule has 0 aromatic heterocycles. The molecule has 1 rings (SSSR count). The van der Waals surface area contributed by atoms with Gasteiger partial charge < -0.3 is 15.2 Å². The van der Waals surface area contributed by atoms with E-state index < -0.39 is 5.97 Å². The molecule has 0 atom stereocenters. The Morgan fingerprint density at radius 2 is 2.00 bits per heavy atom. The molecule has 0 radical (unpaired) electrons. The number of rotatable bonds is 10. The summed E-state index contributed by atoms with van der Waals surface area (Å²) in [7, 11) is 0. The molecule has 2 N–H and O–H groups in total. The number of carbonyl (C=O) groups excluding carboxylic acids is 1. The zero-order valence-corrected chi connectivity index (χ0v) is 11.8. The summed E-state index contributed by atoms with van der Waals surface area (Å²) >= 11 is 0. The highest BCUT2D eigenvalue weighted by Crippen LogP contribution is 2.11. The van der Waals surface area contributed by atoms with Crippen LogP contribution in [0.25, 0.3) is 0 Å². The summed E-state index contributed by atoms with van der Waals surface area (Å²) in [5.74, 6) is -0.909. The van der Waals surface area contributed by atoms with Gasteiger partial charge in [-0.15, -0.1) is 0 Å². The Labute approximate surface area is 123 Å². The molecular formula is C15H20FNO4. The van der Waals surface area contributed by atoms with Crippen molar-refractivity contribution in [2.75, 3.05) is 13.2 Å². The van der Waals surface area contributed by atoms with Crippen LogP contribution in [0.1, 0.15) is 32.1 Å². The average molecular weight is 297 g/mol. The van der Waals surface area contributed by atoms with Crippen molar-refractivity contribution in [3.8, 4) is 5.75 Å². The molecule has 116 valence electrons. The molecule has 1 aromatic rings. The Bertz CT molecular complexity index is 465. The Morgan fingerprint density at radius 3 is 2.71 bits per heavy atom. The number of carbonyl (C=O) groups is 2. The van der Waals surface area contributed by atoms with Crippen LogP contribution in [0.2, 0.25) is 0 Å². The van der Waals surface area contributed by atoms with Crippen molar-refractivity contribution < 1.29 is 23.8 Å². The monoisotopic (exact) mass is 297 g/mol. The van der Waals surface area contributed by atoms with Crippen LogP contribution in [0, 0.1) is 5.82 Å². The summed E-state index contributed by atoms with van der Waals surface area (Å²) in [6.45, 7) is 0.715. The predicted molar refractivity (Wildman–Crippen MR) is 75.6 cm³/mol. The molecule has 21 heavy (non-hydrogen) atoms. The molecule has 6 heteroatoms. The summed E-state index contributed by atoms with van der Waals surface area (Å²) in [5, 5.41) is 11.2. The number of hydrogen-bond donors (Lipinski definition) is 2. The van der Waals surface area contributed by atoms with Gasteiger partial charge in [0.1, 0.15) is 11.6 Å². The smallest absolute Gasteiger partial charge is 0.303 e. The average Bonchev–Trinajstić information content (AvgIpc) is 2.42. The van der Waals surface area contributed by atoms with Crippen LogP contribution in [0.5, 0.6) is 5.75 Å². The number of hydrogen-bond acceptors (Lipinski definition) is 3. The number of nitrogens with one attached hydrogen (secondary N) is 1. The number of carboxylic acid groups (broad SMARTS) is 1. The van der Waals surface area contributed by atoms with Crippen molar-refractivity contribution in [3.63, 3.8) is 0 Å². The number of benzene rings is 1. The predicted octanol–water partition coefficient (Wildman–Crippen LogP) is 2.36. The number of ether oxygens (including phenoxy) is 1. The number of halogens is 1. The summed E-state index contributed by atoms with van der Waals surface area (Å²) in [6, 6.07) is 5.76. The van der Waals surface area contributed by atoms with E-state index in [4.69, 9.17) is 9.84 Å². The zero-order valence-electron chi connectivity index (χ0n) is 11.8. The fourth-order valence-corrected chi connectivity index (χ4v) is 1.71. The Balaban J connectivity index is 2.02. The molecular weight excluding hydrogens is 277 g/mol. The largest absolute Gasteiger partial charge is 0.493 e. The summed E-state index contributed by atoms with van der Waals surface area (Å²) in [5.41, 5.74) is 0. The second-order valence-electron chi connectivity index (χ2n) is 4.61. The van der Waals surface area contributed by atoms with E-state index in [1.54, 1.807) is 12.1 Å². The third-order valence-corrected chi connectivity index (χ3v) is 2.78. The normalized spacial score (nSPS) is 10.1. The minimum Gasteiger partial charge on any atom is -0.493 e. The molecule has 0 aliphatic rings. The van der Waals surface area contributed by atoms with Gasteiger partial charge in [0.05, 0.1) is 13.0 Å². The van der Waals surface area contributed by atoms with Crippen molar-refractivity contribution in [1.82, 2.24) is 5.32 Å². The van der Waals surface area contributed by atoms with Crippen molar-refractivity contribution in [2.24, 2.45) is 0 Å². The molecule has 0 saturated heterocycles. The third kappa shape index (κ3) is 8.62. The maximum absolute atomic E-state index is 12.9. The Hall–Kier alpha value is -2.11. The lowest BCUT2D eigenvalue weighted by molar-refractivity contribution is -0.137. The first-order valence-corrected chi connectivity index (χ1v) is 6.95. The van der Waals surface area contributed by atoms with Gasteiger partial charge in [0.2, 0.25) is 5.91 Å². The van der Waals surface area contributed by atoms with Gasteiger partial charge in [0.15, 0.2) is 0 Å². The van der Waals surface area contributed by atoms with Gasteiger partial charge >= 0.3 is 5.97 Å². The zero-order chi connectivity index (χ0) is 15.5. The van der Waals surface area contributed by atoms with E-state index in [1.807, 2.05) is 0 Å². The number of carboxylic acids is 1. The summed E-state index contributed by atoms with van der Waals surface area (Å²) in [4.78, 5) is 21.8. The van der Waals surface area contributed by atoms with Gasteiger partial charge in [0.25, 0.3) is 0 Å². The standard InChI is InChI=1S/C15H20FNO4/c16-12-5-4-6-13(11-12)21-10-8-14(18)17-9-3-1-2-7-15(19)20/h4-6,11H,1-3,7-10H2,(H,17,18)(H,19,20). The van der Waals surface area contributed by atoms with Crippen LogP contribution in [0.15, 0.2) is 24.3 Å². The molecule has 0 fully saturated rings. The van der Waals surface area contributed by atoms with Crippen LogP contribution >= 0.6 is 0 Å². The van der Waals surface area contributed by atoms with Crippen molar-refractivity contribution in [1.29, 1.82) is 0 Å². The van der Waals surface area contributed by atoms with Gasteiger partial charge in [-0.2, -0.15) is 0 Å². The van der Waals surface area contributed by atoms with Gasteiger partial charge in [-0.05, 0) is 25.0 Å². The molecule has 0 spiro atoms. The van der Waals surface area contributed by atoms with E-state index in [2.05, 4.69) is 5.32 Å². The van der Waals surface area contributed by atoms with E-state index in [-0.39, 0.29) is 31.2 Å². The molecule has 0 saturated carbocycles. The molecule has 0 bridgehead atoms. The van der Waals surface area contributed by atoms with E-state index in [0.29, 0.717) is 18.7 Å². The van der Waals surface area contributed by atoms with Gasteiger partial charge in [-0.3, -0.25) is 9.59 Å². The number of amides is 1. The van der Waals surface area contributed by atoms with E-state index in [0.717, 1.165) is 12.8 Å². The molecule has 0 aliphatic carbocycles. The summed E-state index contributed by atoms with van der Waals surface area (Å²) < 4.78 is 18.1. The number of unbranched alkanes of at least 4 members (excludes halogenated alkanes) is 2. The van der Waals surface area contributed by atoms with E-state index in [1.165, 1.54) is 12.1 Å². The minimum atomic E-state index is -0.798. The summed E-state index contributed by atoms with van der Waals surface area (Å²) in [6.07, 6.45) is 2.51. The van der Waals surface area contributed by atoms with Crippen LogP contribution in [-0.4, -0.2) is 30.1 Å². The van der Waals surface area contributed by atoms with Crippen molar-refractivity contribution >= 4 is 11.9 Å². The Kier molecular flexibility index (Phi) is 7.86. The highest BCUT2D eigenvalue weighted by molar-refractivity contribution is 5.75.